The summed E-state index contributed by atoms with van der Waals surface area (Å²) in [4.78, 5) is 0.350. The molecule has 6 heteroatoms. The van der Waals surface area contributed by atoms with Crippen LogP contribution in [0.1, 0.15) is 17.2 Å². The molecule has 25 heavy (non-hydrogen) atoms. The van der Waals surface area contributed by atoms with E-state index in [-0.39, 0.29) is 6.10 Å². The van der Waals surface area contributed by atoms with Crippen LogP contribution in [0.15, 0.2) is 58.8 Å². The Balaban J connectivity index is 1.65. The molecule has 2 heterocycles. The second kappa shape index (κ2) is 6.53. The van der Waals surface area contributed by atoms with E-state index in [0.29, 0.717) is 24.6 Å². The molecule has 0 amide bonds. The van der Waals surface area contributed by atoms with Crippen molar-refractivity contribution in [2.24, 2.45) is 0 Å². The molecule has 3 aromatic rings. The van der Waals surface area contributed by atoms with Crippen LogP contribution in [0.2, 0.25) is 0 Å². The summed E-state index contributed by atoms with van der Waals surface area (Å²) in [5.74, 6) is 0. The lowest BCUT2D eigenvalue weighted by Gasteiger charge is -2.32. The lowest BCUT2D eigenvalue weighted by Crippen LogP contribution is -2.42. The van der Waals surface area contributed by atoms with Crippen LogP contribution in [0.25, 0.3) is 10.1 Å². The van der Waals surface area contributed by atoms with Gasteiger partial charge in [-0.25, -0.2) is 8.42 Å². The Morgan fingerprint density at radius 2 is 2.00 bits per heavy atom. The first-order valence-corrected chi connectivity index (χ1v) is 10.5. The van der Waals surface area contributed by atoms with Crippen LogP contribution in [-0.2, 0) is 14.8 Å². The minimum atomic E-state index is -3.51. The third-order valence-corrected chi connectivity index (χ3v) is 7.36. The molecule has 1 atom stereocenters. The number of nitrogens with zero attached hydrogens (tertiary/aromatic N) is 1. The van der Waals surface area contributed by atoms with Gasteiger partial charge in [-0.05, 0) is 41.5 Å². The minimum absolute atomic E-state index is 0.232. The van der Waals surface area contributed by atoms with Gasteiger partial charge in [-0.3, -0.25) is 0 Å². The lowest BCUT2D eigenvalue weighted by atomic mass is 10.1. The first-order valence-electron chi connectivity index (χ1n) is 8.20. The van der Waals surface area contributed by atoms with Gasteiger partial charge in [-0.15, -0.1) is 11.3 Å². The average Bonchev–Trinajstić information content (AvgIpc) is 3.06. The molecular formula is C19H19NO3S2. The summed E-state index contributed by atoms with van der Waals surface area (Å²) in [6.07, 6.45) is -0.232. The Bertz CT molecular complexity index is 1010. The number of aryl methyl sites for hydroxylation is 1. The van der Waals surface area contributed by atoms with E-state index < -0.39 is 10.0 Å². The van der Waals surface area contributed by atoms with Crippen LogP contribution in [0, 0.1) is 6.92 Å². The Kier molecular flexibility index (Phi) is 4.37. The number of hydrogen-bond donors (Lipinski definition) is 0. The number of morpholine rings is 1. The first-order chi connectivity index (χ1) is 12.1. The van der Waals surface area contributed by atoms with Gasteiger partial charge < -0.3 is 4.74 Å². The maximum Gasteiger partial charge on any atom is 0.243 e. The molecule has 1 unspecified atom stereocenters. The van der Waals surface area contributed by atoms with Crippen LogP contribution >= 0.6 is 11.3 Å². The zero-order chi connectivity index (χ0) is 17.4. The summed E-state index contributed by atoms with van der Waals surface area (Å²) in [7, 11) is -3.51. The molecule has 1 aliphatic heterocycles. The Hall–Kier alpha value is -1.73. The molecule has 130 valence electrons. The van der Waals surface area contributed by atoms with E-state index in [1.54, 1.807) is 33.8 Å². The number of rotatable bonds is 3. The van der Waals surface area contributed by atoms with E-state index in [1.165, 1.54) is 4.70 Å². The Morgan fingerprint density at radius 1 is 1.16 bits per heavy atom. The SMILES string of the molecule is Cc1cccc(S(=O)(=O)N2CCOC(c3csc4ccccc34)C2)c1. The van der Waals surface area contributed by atoms with Gasteiger partial charge in [0.1, 0.15) is 0 Å². The molecular weight excluding hydrogens is 354 g/mol. The van der Waals surface area contributed by atoms with Crippen molar-refractivity contribution in [2.75, 3.05) is 19.7 Å². The van der Waals surface area contributed by atoms with Gasteiger partial charge in [0.15, 0.2) is 0 Å². The van der Waals surface area contributed by atoms with Gasteiger partial charge in [0.05, 0.1) is 17.6 Å². The lowest BCUT2D eigenvalue weighted by molar-refractivity contribution is -0.00154. The van der Waals surface area contributed by atoms with Crippen molar-refractivity contribution >= 4 is 31.4 Å². The molecule has 1 aliphatic rings. The molecule has 4 nitrogen and oxygen atoms in total. The van der Waals surface area contributed by atoms with Crippen LogP contribution in [-0.4, -0.2) is 32.4 Å². The fourth-order valence-corrected chi connectivity index (χ4v) is 5.74. The summed E-state index contributed by atoms with van der Waals surface area (Å²) in [5.41, 5.74) is 2.01. The smallest absolute Gasteiger partial charge is 0.243 e. The van der Waals surface area contributed by atoms with Crippen molar-refractivity contribution in [1.82, 2.24) is 4.31 Å². The molecule has 1 saturated heterocycles. The normalized spacial score (nSPS) is 19.3. The van der Waals surface area contributed by atoms with Crippen molar-refractivity contribution in [1.29, 1.82) is 0 Å². The predicted octanol–water partition coefficient (Wildman–Crippen LogP) is 3.97. The number of fused-ring (bicyclic) bond motifs is 1. The minimum Gasteiger partial charge on any atom is -0.371 e. The average molecular weight is 373 g/mol. The number of benzene rings is 2. The Morgan fingerprint density at radius 3 is 2.84 bits per heavy atom. The van der Waals surface area contributed by atoms with E-state index in [4.69, 9.17) is 4.74 Å². The van der Waals surface area contributed by atoms with E-state index in [1.807, 2.05) is 25.1 Å². The largest absolute Gasteiger partial charge is 0.371 e. The van der Waals surface area contributed by atoms with Crippen molar-refractivity contribution in [3.05, 3.63) is 65.0 Å². The number of sulfonamides is 1. The second-order valence-electron chi connectivity index (χ2n) is 6.23. The zero-order valence-corrected chi connectivity index (χ0v) is 15.5. The van der Waals surface area contributed by atoms with Gasteiger partial charge in [0.2, 0.25) is 10.0 Å². The van der Waals surface area contributed by atoms with Crippen LogP contribution in [0.4, 0.5) is 0 Å². The van der Waals surface area contributed by atoms with Crippen LogP contribution in [0.5, 0.6) is 0 Å². The highest BCUT2D eigenvalue weighted by molar-refractivity contribution is 7.89. The van der Waals surface area contributed by atoms with Gasteiger partial charge >= 0.3 is 0 Å². The van der Waals surface area contributed by atoms with E-state index in [9.17, 15) is 8.42 Å². The van der Waals surface area contributed by atoms with E-state index in [0.717, 1.165) is 16.5 Å². The number of thiophene rings is 1. The summed E-state index contributed by atoms with van der Waals surface area (Å²) in [5, 5.41) is 3.23. The highest BCUT2D eigenvalue weighted by Crippen LogP contribution is 2.34. The molecule has 0 bridgehead atoms. The fraction of sp³-hybridized carbons (Fsp3) is 0.263. The molecule has 0 N–H and O–H groups in total. The fourth-order valence-electron chi connectivity index (χ4n) is 3.20. The van der Waals surface area contributed by atoms with Crippen molar-refractivity contribution in [3.63, 3.8) is 0 Å². The van der Waals surface area contributed by atoms with Crippen LogP contribution < -0.4 is 0 Å². The van der Waals surface area contributed by atoms with Crippen molar-refractivity contribution in [3.8, 4) is 0 Å². The summed E-state index contributed by atoms with van der Waals surface area (Å²) < 4.78 is 34.6. The van der Waals surface area contributed by atoms with Crippen molar-refractivity contribution in [2.45, 2.75) is 17.9 Å². The molecule has 0 radical (unpaired) electrons. The van der Waals surface area contributed by atoms with Gasteiger partial charge in [-0.2, -0.15) is 4.31 Å². The summed E-state index contributed by atoms with van der Waals surface area (Å²) >= 11 is 1.67. The molecule has 0 saturated carbocycles. The quantitative estimate of drug-likeness (QED) is 0.698. The highest BCUT2D eigenvalue weighted by atomic mass is 32.2. The maximum absolute atomic E-state index is 13.0. The molecule has 0 spiro atoms. The number of hydrogen-bond acceptors (Lipinski definition) is 4. The summed E-state index contributed by atoms with van der Waals surface area (Å²) in [6.45, 7) is 3.03. The van der Waals surface area contributed by atoms with E-state index >= 15 is 0 Å². The molecule has 1 fully saturated rings. The van der Waals surface area contributed by atoms with Gasteiger partial charge in [0.25, 0.3) is 0 Å². The predicted molar refractivity (Wildman–Crippen MR) is 100 cm³/mol. The van der Waals surface area contributed by atoms with Gasteiger partial charge in [-0.1, -0.05) is 30.3 Å². The zero-order valence-electron chi connectivity index (χ0n) is 13.9. The topological polar surface area (TPSA) is 46.6 Å². The molecule has 0 aliphatic carbocycles. The molecule has 4 rings (SSSR count). The maximum atomic E-state index is 13.0. The molecule has 1 aromatic heterocycles. The van der Waals surface area contributed by atoms with E-state index in [2.05, 4.69) is 17.5 Å². The summed E-state index contributed by atoms with van der Waals surface area (Å²) in [6, 6.07) is 15.2. The first kappa shape index (κ1) is 16.7. The third kappa shape index (κ3) is 3.11. The van der Waals surface area contributed by atoms with Crippen LogP contribution in [0.3, 0.4) is 0 Å². The third-order valence-electron chi connectivity index (χ3n) is 4.51. The molecule has 2 aromatic carbocycles. The Labute approximate surface area is 151 Å². The number of ether oxygens (including phenoxy) is 1. The highest BCUT2D eigenvalue weighted by Gasteiger charge is 2.32. The van der Waals surface area contributed by atoms with Gasteiger partial charge in [0, 0.05) is 23.4 Å². The van der Waals surface area contributed by atoms with Crippen molar-refractivity contribution < 1.29 is 13.2 Å². The standard InChI is InChI=1S/C19H19NO3S2/c1-14-5-4-6-15(11-14)25(21,22)20-9-10-23-18(12-20)17-13-24-19-8-3-2-7-16(17)19/h2-8,11,13,18H,9-10,12H2,1H3. The monoisotopic (exact) mass is 373 g/mol. The second-order valence-corrected chi connectivity index (χ2v) is 9.08.